The van der Waals surface area contributed by atoms with Crippen molar-refractivity contribution in [1.82, 2.24) is 0 Å². The Balaban J connectivity index is 2.38. The molecule has 3 N–H and O–H groups in total. The Bertz CT molecular complexity index is 604. The zero-order valence-electron chi connectivity index (χ0n) is 12.5. The van der Waals surface area contributed by atoms with E-state index in [1.165, 1.54) is 16.7 Å². The first kappa shape index (κ1) is 14.8. The Morgan fingerprint density at radius 1 is 1.00 bits per heavy atom. The van der Waals surface area contributed by atoms with Gasteiger partial charge in [0.05, 0.1) is 0 Å². The molecule has 2 aromatic carbocycles. The Kier molecular flexibility index (Phi) is 4.58. The Labute approximate surface area is 121 Å². The van der Waals surface area contributed by atoms with Gasteiger partial charge in [0.1, 0.15) is 6.10 Å². The van der Waals surface area contributed by atoms with E-state index >= 15 is 0 Å². The molecule has 0 spiro atoms. The van der Waals surface area contributed by atoms with Crippen molar-refractivity contribution in [3.63, 3.8) is 0 Å². The Morgan fingerprint density at radius 2 is 1.70 bits per heavy atom. The fourth-order valence-electron chi connectivity index (χ4n) is 2.54. The normalized spacial score (nSPS) is 12.4. The summed E-state index contributed by atoms with van der Waals surface area (Å²) in [7, 11) is 0. The number of nitrogens with two attached hydrogens (primary N) is 1. The van der Waals surface area contributed by atoms with Gasteiger partial charge in [-0.15, -0.1) is 0 Å². The van der Waals surface area contributed by atoms with Crippen molar-refractivity contribution in [2.45, 2.75) is 33.3 Å². The van der Waals surface area contributed by atoms with Gasteiger partial charge in [0, 0.05) is 0 Å². The minimum Gasteiger partial charge on any atom is -0.384 e. The highest BCUT2D eigenvalue weighted by Crippen LogP contribution is 2.27. The van der Waals surface area contributed by atoms with Gasteiger partial charge in [-0.1, -0.05) is 36.4 Å². The molecular formula is C18H23NO. The van der Waals surface area contributed by atoms with Crippen molar-refractivity contribution in [1.29, 1.82) is 0 Å². The highest BCUT2D eigenvalue weighted by Gasteiger charge is 2.14. The molecule has 2 aromatic rings. The lowest BCUT2D eigenvalue weighted by atomic mass is 9.92. The molecule has 106 valence electrons. The van der Waals surface area contributed by atoms with Crippen molar-refractivity contribution < 1.29 is 5.11 Å². The van der Waals surface area contributed by atoms with Crippen LogP contribution in [0.3, 0.4) is 0 Å². The van der Waals surface area contributed by atoms with Crippen LogP contribution in [0, 0.1) is 20.8 Å². The second-order valence-electron chi connectivity index (χ2n) is 5.48. The first-order valence-electron chi connectivity index (χ1n) is 7.07. The van der Waals surface area contributed by atoms with Gasteiger partial charge in [0.25, 0.3) is 0 Å². The first-order chi connectivity index (χ1) is 9.52. The lowest BCUT2D eigenvalue weighted by Crippen LogP contribution is -2.06. The molecule has 0 saturated carbocycles. The molecule has 0 radical (unpaired) electrons. The zero-order valence-corrected chi connectivity index (χ0v) is 12.5. The smallest absolute Gasteiger partial charge is 0.104 e. The van der Waals surface area contributed by atoms with Crippen molar-refractivity contribution in [2.24, 2.45) is 5.73 Å². The minimum absolute atomic E-state index is 0.577. The van der Waals surface area contributed by atoms with Gasteiger partial charge in [-0.2, -0.15) is 0 Å². The fourth-order valence-corrected chi connectivity index (χ4v) is 2.54. The van der Waals surface area contributed by atoms with Crippen LogP contribution in [-0.4, -0.2) is 11.7 Å². The maximum absolute atomic E-state index is 10.6. The van der Waals surface area contributed by atoms with E-state index in [0.29, 0.717) is 6.54 Å². The molecule has 2 rings (SSSR count). The van der Waals surface area contributed by atoms with Crippen LogP contribution >= 0.6 is 0 Å². The second-order valence-corrected chi connectivity index (χ2v) is 5.48. The van der Waals surface area contributed by atoms with E-state index in [9.17, 15) is 5.11 Å². The van der Waals surface area contributed by atoms with Gasteiger partial charge in [0.15, 0.2) is 0 Å². The predicted octanol–water partition coefficient (Wildman–Crippen LogP) is 3.19. The summed E-state index contributed by atoms with van der Waals surface area (Å²) in [5, 5.41) is 10.6. The number of hydrogen-bond acceptors (Lipinski definition) is 2. The van der Waals surface area contributed by atoms with Gasteiger partial charge in [-0.25, -0.2) is 0 Å². The van der Waals surface area contributed by atoms with Crippen LogP contribution < -0.4 is 5.73 Å². The van der Waals surface area contributed by atoms with Gasteiger partial charge in [0.2, 0.25) is 0 Å². The van der Waals surface area contributed by atoms with Crippen molar-refractivity contribution in [3.8, 4) is 0 Å². The number of aliphatic hydroxyl groups excluding tert-OH is 1. The maximum Gasteiger partial charge on any atom is 0.104 e. The molecule has 0 aliphatic rings. The third-order valence-corrected chi connectivity index (χ3v) is 3.88. The minimum atomic E-state index is -0.577. The summed E-state index contributed by atoms with van der Waals surface area (Å²) in [6.45, 7) is 6.85. The van der Waals surface area contributed by atoms with Crippen molar-refractivity contribution in [2.75, 3.05) is 6.54 Å². The average Bonchev–Trinajstić information content (AvgIpc) is 2.43. The van der Waals surface area contributed by atoms with Gasteiger partial charge >= 0.3 is 0 Å². The molecule has 0 bridgehead atoms. The standard InChI is InChI=1S/C18H23NO/c1-12-9-14(3)17(10-13(12)2)18(20)16-6-4-5-15(11-16)7-8-19/h4-6,9-11,18,20H,7-8,19H2,1-3H3. The molecule has 2 heteroatoms. The van der Waals surface area contributed by atoms with E-state index in [-0.39, 0.29) is 0 Å². The molecule has 0 aliphatic carbocycles. The number of aryl methyl sites for hydroxylation is 3. The summed E-state index contributed by atoms with van der Waals surface area (Å²) in [6.07, 6.45) is 0.263. The maximum atomic E-state index is 10.6. The lowest BCUT2D eigenvalue weighted by Gasteiger charge is -2.17. The molecule has 0 saturated heterocycles. The summed E-state index contributed by atoms with van der Waals surface area (Å²) in [5.74, 6) is 0. The van der Waals surface area contributed by atoms with Gasteiger partial charge in [-0.3, -0.25) is 0 Å². The Hall–Kier alpha value is -1.64. The second kappa shape index (κ2) is 6.21. The molecule has 0 heterocycles. The van der Waals surface area contributed by atoms with Crippen LogP contribution in [-0.2, 0) is 6.42 Å². The van der Waals surface area contributed by atoms with Crippen LogP contribution in [0.4, 0.5) is 0 Å². The summed E-state index contributed by atoms with van der Waals surface area (Å²) in [4.78, 5) is 0. The monoisotopic (exact) mass is 269 g/mol. The van der Waals surface area contributed by atoms with E-state index in [1.54, 1.807) is 0 Å². The molecule has 20 heavy (non-hydrogen) atoms. The summed E-state index contributed by atoms with van der Waals surface area (Å²) < 4.78 is 0. The molecule has 0 fully saturated rings. The van der Waals surface area contributed by atoms with E-state index < -0.39 is 6.10 Å². The number of benzene rings is 2. The first-order valence-corrected chi connectivity index (χ1v) is 7.07. The third-order valence-electron chi connectivity index (χ3n) is 3.88. The average molecular weight is 269 g/mol. The van der Waals surface area contributed by atoms with Crippen LogP contribution in [0.25, 0.3) is 0 Å². The molecule has 0 amide bonds. The quantitative estimate of drug-likeness (QED) is 0.895. The van der Waals surface area contributed by atoms with Crippen LogP contribution in [0.2, 0.25) is 0 Å². The molecule has 2 nitrogen and oxygen atoms in total. The SMILES string of the molecule is Cc1cc(C)c(C(O)c2cccc(CCN)c2)cc1C. The zero-order chi connectivity index (χ0) is 14.7. The molecule has 1 unspecified atom stereocenters. The topological polar surface area (TPSA) is 46.2 Å². The van der Waals surface area contributed by atoms with E-state index in [1.807, 2.05) is 18.2 Å². The molecule has 0 aliphatic heterocycles. The lowest BCUT2D eigenvalue weighted by molar-refractivity contribution is 0.219. The van der Waals surface area contributed by atoms with Crippen molar-refractivity contribution in [3.05, 3.63) is 69.8 Å². The van der Waals surface area contributed by atoms with Crippen LogP contribution in [0.5, 0.6) is 0 Å². The van der Waals surface area contributed by atoms with E-state index in [4.69, 9.17) is 5.73 Å². The van der Waals surface area contributed by atoms with E-state index in [2.05, 4.69) is 39.0 Å². The number of rotatable bonds is 4. The highest BCUT2D eigenvalue weighted by molar-refractivity contribution is 5.42. The van der Waals surface area contributed by atoms with Crippen LogP contribution in [0.1, 0.15) is 39.5 Å². The third kappa shape index (κ3) is 3.09. The molecule has 0 aromatic heterocycles. The van der Waals surface area contributed by atoms with Crippen LogP contribution in [0.15, 0.2) is 36.4 Å². The molecular weight excluding hydrogens is 246 g/mol. The summed E-state index contributed by atoms with van der Waals surface area (Å²) >= 11 is 0. The number of aliphatic hydroxyl groups is 1. The van der Waals surface area contributed by atoms with Gasteiger partial charge in [-0.05, 0) is 67.1 Å². The predicted molar refractivity (Wildman–Crippen MR) is 83.9 cm³/mol. The summed E-state index contributed by atoms with van der Waals surface area (Å²) in [6, 6.07) is 12.3. The number of hydrogen-bond donors (Lipinski definition) is 2. The summed E-state index contributed by atoms with van der Waals surface area (Å²) in [5.41, 5.74) is 12.3. The Morgan fingerprint density at radius 3 is 2.40 bits per heavy atom. The van der Waals surface area contributed by atoms with E-state index in [0.717, 1.165) is 23.1 Å². The largest absolute Gasteiger partial charge is 0.384 e. The van der Waals surface area contributed by atoms with Crippen molar-refractivity contribution >= 4 is 0 Å². The highest BCUT2D eigenvalue weighted by atomic mass is 16.3. The fraction of sp³-hybridized carbons (Fsp3) is 0.333. The van der Waals surface area contributed by atoms with Gasteiger partial charge < -0.3 is 10.8 Å². The molecule has 1 atom stereocenters.